The number of hydrogen-bond donors (Lipinski definition) is 2. The molecule has 1 aromatic rings. The average Bonchev–Trinajstić information content (AvgIpc) is 2.23. The number of carboxylic acid groups (broad SMARTS) is 1. The quantitative estimate of drug-likeness (QED) is 0.853. The van der Waals surface area contributed by atoms with Gasteiger partial charge in [-0.25, -0.2) is 0 Å². The minimum absolute atomic E-state index is 0.0364. The Bertz CT molecular complexity index is 415. The van der Waals surface area contributed by atoms with E-state index in [-0.39, 0.29) is 24.3 Å². The summed E-state index contributed by atoms with van der Waals surface area (Å²) in [5, 5.41) is 18.9. The molecule has 0 saturated carbocycles. The molecular formula is C11H13ClO4. The molecule has 0 radical (unpaired) electrons. The van der Waals surface area contributed by atoms with E-state index in [4.69, 9.17) is 21.4 Å². The Balaban J connectivity index is 3.14. The van der Waals surface area contributed by atoms with E-state index in [1.807, 2.05) is 0 Å². The zero-order chi connectivity index (χ0) is 12.3. The fourth-order valence-corrected chi connectivity index (χ4v) is 1.67. The molecule has 0 aliphatic rings. The Labute approximate surface area is 98.4 Å². The van der Waals surface area contributed by atoms with Crippen molar-refractivity contribution in [1.29, 1.82) is 0 Å². The fraction of sp³-hybridized carbons (Fsp3) is 0.364. The van der Waals surface area contributed by atoms with Crippen molar-refractivity contribution in [3.05, 3.63) is 22.2 Å². The van der Waals surface area contributed by atoms with Crippen molar-refractivity contribution in [2.45, 2.75) is 19.8 Å². The van der Waals surface area contributed by atoms with Gasteiger partial charge < -0.3 is 14.9 Å². The summed E-state index contributed by atoms with van der Waals surface area (Å²) >= 11 is 5.95. The highest BCUT2D eigenvalue weighted by Crippen LogP contribution is 2.37. The van der Waals surface area contributed by atoms with Crippen LogP contribution in [0.3, 0.4) is 0 Å². The fourth-order valence-electron chi connectivity index (χ4n) is 1.46. The number of phenolic OH excluding ortho intramolecular Hbond substituents is 1. The molecule has 0 aliphatic heterocycles. The summed E-state index contributed by atoms with van der Waals surface area (Å²) < 4.78 is 4.95. The van der Waals surface area contributed by atoms with Crippen LogP contribution < -0.4 is 4.74 Å². The lowest BCUT2D eigenvalue weighted by Gasteiger charge is -2.12. The summed E-state index contributed by atoms with van der Waals surface area (Å²) in [5.41, 5.74) is 1.20. The number of phenols is 1. The number of hydrogen-bond acceptors (Lipinski definition) is 3. The van der Waals surface area contributed by atoms with Crippen molar-refractivity contribution in [2.75, 3.05) is 7.11 Å². The Morgan fingerprint density at radius 1 is 1.56 bits per heavy atom. The summed E-state index contributed by atoms with van der Waals surface area (Å²) in [4.78, 5) is 10.5. The second-order valence-corrected chi connectivity index (χ2v) is 3.81. The largest absolute Gasteiger partial charge is 0.504 e. The van der Waals surface area contributed by atoms with E-state index in [1.165, 1.54) is 13.2 Å². The van der Waals surface area contributed by atoms with Gasteiger partial charge in [-0.1, -0.05) is 11.6 Å². The van der Waals surface area contributed by atoms with Crippen LogP contribution in [0.15, 0.2) is 6.07 Å². The lowest BCUT2D eigenvalue weighted by atomic mass is 10.0. The molecule has 0 fully saturated rings. The number of methoxy groups -OCH3 is 1. The number of ether oxygens (including phenoxy) is 1. The van der Waals surface area contributed by atoms with Crippen molar-refractivity contribution in [2.24, 2.45) is 0 Å². The van der Waals surface area contributed by atoms with Crippen LogP contribution in [0.5, 0.6) is 11.5 Å². The summed E-state index contributed by atoms with van der Waals surface area (Å²) in [6.07, 6.45) is 0.168. The van der Waals surface area contributed by atoms with Crippen molar-refractivity contribution >= 4 is 17.6 Å². The SMILES string of the molecule is COc1cc(Cl)c(C)c(CCC(=O)O)c1O. The summed E-state index contributed by atoms with van der Waals surface area (Å²) in [6, 6.07) is 1.51. The molecule has 0 aromatic heterocycles. The van der Waals surface area contributed by atoms with Crippen LogP contribution in [0.2, 0.25) is 5.02 Å². The third-order valence-electron chi connectivity index (χ3n) is 2.40. The van der Waals surface area contributed by atoms with E-state index in [0.717, 1.165) is 0 Å². The van der Waals surface area contributed by atoms with Crippen LogP contribution in [-0.4, -0.2) is 23.3 Å². The van der Waals surface area contributed by atoms with Crippen molar-refractivity contribution in [1.82, 2.24) is 0 Å². The lowest BCUT2D eigenvalue weighted by Crippen LogP contribution is -2.01. The Kier molecular flexibility index (Phi) is 4.01. The molecule has 1 aromatic carbocycles. The second-order valence-electron chi connectivity index (χ2n) is 3.41. The number of carboxylic acids is 1. The minimum atomic E-state index is -0.919. The topological polar surface area (TPSA) is 66.8 Å². The first-order valence-electron chi connectivity index (χ1n) is 4.74. The lowest BCUT2D eigenvalue weighted by molar-refractivity contribution is -0.136. The van der Waals surface area contributed by atoms with Gasteiger partial charge in [0.2, 0.25) is 0 Å². The van der Waals surface area contributed by atoms with Gasteiger partial charge >= 0.3 is 5.97 Å². The molecule has 16 heavy (non-hydrogen) atoms. The smallest absolute Gasteiger partial charge is 0.303 e. The first-order chi connectivity index (χ1) is 7.47. The first kappa shape index (κ1) is 12.6. The normalized spacial score (nSPS) is 10.2. The molecule has 0 saturated heterocycles. The highest BCUT2D eigenvalue weighted by Gasteiger charge is 2.15. The third kappa shape index (κ3) is 2.58. The maximum absolute atomic E-state index is 10.5. The average molecular weight is 245 g/mol. The van der Waals surface area contributed by atoms with Crippen LogP contribution in [-0.2, 0) is 11.2 Å². The van der Waals surface area contributed by atoms with E-state index in [2.05, 4.69) is 0 Å². The molecule has 4 nitrogen and oxygen atoms in total. The number of benzene rings is 1. The summed E-state index contributed by atoms with van der Waals surface area (Å²) in [7, 11) is 1.42. The van der Waals surface area contributed by atoms with Gasteiger partial charge in [0.05, 0.1) is 7.11 Å². The molecule has 0 amide bonds. The van der Waals surface area contributed by atoms with Gasteiger partial charge in [-0.15, -0.1) is 0 Å². The maximum atomic E-state index is 10.5. The Hall–Kier alpha value is -1.42. The standard InChI is InChI=1S/C11H13ClO4/c1-6-7(3-4-10(13)14)11(15)9(16-2)5-8(6)12/h5,15H,3-4H2,1-2H3,(H,13,14). The predicted molar refractivity (Wildman–Crippen MR) is 60.4 cm³/mol. The van der Waals surface area contributed by atoms with Crippen LogP contribution in [0.1, 0.15) is 17.5 Å². The molecule has 0 aliphatic carbocycles. The molecule has 2 N–H and O–H groups in total. The van der Waals surface area contributed by atoms with Crippen LogP contribution in [0, 0.1) is 6.92 Å². The zero-order valence-corrected chi connectivity index (χ0v) is 9.84. The summed E-state index contributed by atoms with van der Waals surface area (Å²) in [5.74, 6) is -0.695. The number of aliphatic carboxylic acids is 1. The van der Waals surface area contributed by atoms with Gasteiger partial charge in [-0.05, 0) is 18.9 Å². The molecule has 5 heteroatoms. The van der Waals surface area contributed by atoms with E-state index in [0.29, 0.717) is 16.1 Å². The highest BCUT2D eigenvalue weighted by atomic mass is 35.5. The van der Waals surface area contributed by atoms with Crippen LogP contribution in [0.25, 0.3) is 0 Å². The third-order valence-corrected chi connectivity index (χ3v) is 2.79. The van der Waals surface area contributed by atoms with Crippen molar-refractivity contribution < 1.29 is 19.7 Å². The van der Waals surface area contributed by atoms with Crippen molar-refractivity contribution in [3.8, 4) is 11.5 Å². The maximum Gasteiger partial charge on any atom is 0.303 e. The Morgan fingerprint density at radius 3 is 2.69 bits per heavy atom. The van der Waals surface area contributed by atoms with E-state index < -0.39 is 5.97 Å². The van der Waals surface area contributed by atoms with Gasteiger partial charge in [-0.3, -0.25) is 4.79 Å². The number of halogens is 1. The number of carbonyl (C=O) groups is 1. The summed E-state index contributed by atoms with van der Waals surface area (Å²) in [6.45, 7) is 1.73. The number of rotatable bonds is 4. The molecule has 1 rings (SSSR count). The second kappa shape index (κ2) is 5.07. The van der Waals surface area contributed by atoms with Gasteiger partial charge in [0.15, 0.2) is 11.5 Å². The molecule has 0 bridgehead atoms. The zero-order valence-electron chi connectivity index (χ0n) is 9.08. The Morgan fingerprint density at radius 2 is 2.19 bits per heavy atom. The first-order valence-corrected chi connectivity index (χ1v) is 5.12. The van der Waals surface area contributed by atoms with Crippen LogP contribution >= 0.6 is 11.6 Å². The van der Waals surface area contributed by atoms with Crippen LogP contribution in [0.4, 0.5) is 0 Å². The van der Waals surface area contributed by atoms with Gasteiger partial charge in [0.1, 0.15) is 0 Å². The van der Waals surface area contributed by atoms with E-state index in [1.54, 1.807) is 6.92 Å². The molecule has 0 unspecified atom stereocenters. The molecular weight excluding hydrogens is 232 g/mol. The minimum Gasteiger partial charge on any atom is -0.504 e. The molecule has 0 heterocycles. The monoisotopic (exact) mass is 244 g/mol. The van der Waals surface area contributed by atoms with E-state index in [9.17, 15) is 9.90 Å². The molecule has 88 valence electrons. The van der Waals surface area contributed by atoms with Crippen molar-refractivity contribution in [3.63, 3.8) is 0 Å². The van der Waals surface area contributed by atoms with E-state index >= 15 is 0 Å². The highest BCUT2D eigenvalue weighted by molar-refractivity contribution is 6.31. The van der Waals surface area contributed by atoms with Gasteiger partial charge in [0, 0.05) is 23.1 Å². The number of aromatic hydroxyl groups is 1. The predicted octanol–water partition coefficient (Wildman–Crippen LogP) is 2.38. The molecule has 0 atom stereocenters. The van der Waals surface area contributed by atoms with Gasteiger partial charge in [0.25, 0.3) is 0 Å². The van der Waals surface area contributed by atoms with Gasteiger partial charge in [-0.2, -0.15) is 0 Å². The molecule has 0 spiro atoms.